The molecule has 1 aromatic heterocycles. The van der Waals surface area contributed by atoms with E-state index in [-0.39, 0.29) is 10.8 Å². The molecule has 6 heteroatoms. The predicted molar refractivity (Wildman–Crippen MR) is 101 cm³/mol. The Hall–Kier alpha value is -3.12. The number of amides is 1. The van der Waals surface area contributed by atoms with Crippen molar-refractivity contribution in [3.63, 3.8) is 0 Å². The van der Waals surface area contributed by atoms with E-state index in [1.807, 2.05) is 36.4 Å². The molecule has 130 valence electrons. The van der Waals surface area contributed by atoms with E-state index in [2.05, 4.69) is 5.32 Å². The summed E-state index contributed by atoms with van der Waals surface area (Å²) in [6, 6.07) is 19.0. The van der Waals surface area contributed by atoms with Crippen LogP contribution in [-0.4, -0.2) is 20.6 Å². The van der Waals surface area contributed by atoms with Gasteiger partial charge in [0.05, 0.1) is 4.90 Å². The summed E-state index contributed by atoms with van der Waals surface area (Å²) in [4.78, 5) is 12.6. The van der Waals surface area contributed by atoms with Crippen molar-refractivity contribution < 1.29 is 17.6 Å². The SMILES string of the molecule is CS(=O)(=O)c1ccc(C(=O)Nc2ccc3oc4ccccc4c3c2)cc1. The van der Waals surface area contributed by atoms with Crippen LogP contribution in [0.15, 0.2) is 76.0 Å². The van der Waals surface area contributed by atoms with Crippen molar-refractivity contribution in [1.82, 2.24) is 0 Å². The highest BCUT2D eigenvalue weighted by atomic mass is 32.2. The first-order valence-corrected chi connectivity index (χ1v) is 9.84. The highest BCUT2D eigenvalue weighted by molar-refractivity contribution is 7.90. The summed E-state index contributed by atoms with van der Waals surface area (Å²) in [6.07, 6.45) is 1.13. The molecule has 0 unspecified atom stereocenters. The molecule has 5 nitrogen and oxygen atoms in total. The van der Waals surface area contributed by atoms with Crippen molar-refractivity contribution in [3.05, 3.63) is 72.3 Å². The van der Waals surface area contributed by atoms with E-state index in [1.165, 1.54) is 24.3 Å². The average molecular weight is 365 g/mol. The lowest BCUT2D eigenvalue weighted by Gasteiger charge is -2.06. The molecule has 0 fully saturated rings. The van der Waals surface area contributed by atoms with Crippen LogP contribution >= 0.6 is 0 Å². The Morgan fingerprint density at radius 1 is 0.885 bits per heavy atom. The van der Waals surface area contributed by atoms with Crippen molar-refractivity contribution in [1.29, 1.82) is 0 Å². The number of carbonyl (C=O) groups excluding carboxylic acids is 1. The second kappa shape index (κ2) is 6.00. The average Bonchev–Trinajstić information content (AvgIpc) is 2.99. The highest BCUT2D eigenvalue weighted by Crippen LogP contribution is 2.30. The van der Waals surface area contributed by atoms with Gasteiger partial charge in [-0.15, -0.1) is 0 Å². The molecule has 0 saturated heterocycles. The maximum atomic E-state index is 12.4. The number of furan rings is 1. The van der Waals surface area contributed by atoms with Gasteiger partial charge in [0.15, 0.2) is 9.84 Å². The number of hydrogen-bond donors (Lipinski definition) is 1. The normalized spacial score (nSPS) is 11.7. The number of rotatable bonds is 3. The van der Waals surface area contributed by atoms with Crippen LogP contribution in [0.25, 0.3) is 21.9 Å². The highest BCUT2D eigenvalue weighted by Gasteiger charge is 2.12. The lowest BCUT2D eigenvalue weighted by molar-refractivity contribution is 0.102. The van der Waals surface area contributed by atoms with E-state index in [0.29, 0.717) is 11.3 Å². The topological polar surface area (TPSA) is 76.4 Å². The van der Waals surface area contributed by atoms with Crippen LogP contribution in [0.1, 0.15) is 10.4 Å². The third kappa shape index (κ3) is 2.95. The van der Waals surface area contributed by atoms with Crippen molar-refractivity contribution in [2.24, 2.45) is 0 Å². The van der Waals surface area contributed by atoms with Gasteiger partial charge in [0.25, 0.3) is 5.91 Å². The number of carbonyl (C=O) groups is 1. The maximum Gasteiger partial charge on any atom is 0.255 e. The number of sulfone groups is 1. The van der Waals surface area contributed by atoms with Gasteiger partial charge in [0, 0.05) is 28.3 Å². The van der Waals surface area contributed by atoms with Gasteiger partial charge in [-0.25, -0.2) is 8.42 Å². The second-order valence-corrected chi connectivity index (χ2v) is 8.08. The summed E-state index contributed by atoms with van der Waals surface area (Å²) >= 11 is 0. The Labute approximate surface area is 150 Å². The summed E-state index contributed by atoms with van der Waals surface area (Å²) < 4.78 is 28.8. The van der Waals surface area contributed by atoms with E-state index >= 15 is 0 Å². The first kappa shape index (κ1) is 16.4. The Morgan fingerprint density at radius 3 is 2.31 bits per heavy atom. The van der Waals surface area contributed by atoms with Crippen LogP contribution in [0, 0.1) is 0 Å². The monoisotopic (exact) mass is 365 g/mol. The summed E-state index contributed by atoms with van der Waals surface area (Å²) in [6.45, 7) is 0. The molecular formula is C20H15NO4S. The third-order valence-electron chi connectivity index (χ3n) is 4.18. The number of para-hydroxylation sites is 1. The van der Waals surface area contributed by atoms with Crippen molar-refractivity contribution in [2.45, 2.75) is 4.90 Å². The van der Waals surface area contributed by atoms with E-state index in [9.17, 15) is 13.2 Å². The minimum absolute atomic E-state index is 0.181. The van der Waals surface area contributed by atoms with E-state index < -0.39 is 9.84 Å². The second-order valence-electron chi connectivity index (χ2n) is 6.06. The molecule has 0 radical (unpaired) electrons. The molecule has 1 heterocycles. The predicted octanol–water partition coefficient (Wildman–Crippen LogP) is 4.24. The molecule has 4 rings (SSSR count). The fourth-order valence-electron chi connectivity index (χ4n) is 2.86. The Kier molecular flexibility index (Phi) is 3.77. The molecule has 0 aliphatic rings. The smallest absolute Gasteiger partial charge is 0.255 e. The van der Waals surface area contributed by atoms with Crippen LogP contribution < -0.4 is 5.32 Å². The molecule has 4 aromatic rings. The third-order valence-corrected chi connectivity index (χ3v) is 5.31. The van der Waals surface area contributed by atoms with Gasteiger partial charge in [0.2, 0.25) is 0 Å². The molecule has 0 bridgehead atoms. The van der Waals surface area contributed by atoms with Gasteiger partial charge in [-0.2, -0.15) is 0 Å². The minimum atomic E-state index is -3.29. The van der Waals surface area contributed by atoms with Gasteiger partial charge in [-0.3, -0.25) is 4.79 Å². The van der Waals surface area contributed by atoms with E-state index in [0.717, 1.165) is 28.2 Å². The van der Waals surface area contributed by atoms with Gasteiger partial charge < -0.3 is 9.73 Å². The fraction of sp³-hybridized carbons (Fsp3) is 0.0500. The first-order chi connectivity index (χ1) is 12.4. The number of anilines is 1. The van der Waals surface area contributed by atoms with E-state index in [1.54, 1.807) is 6.07 Å². The lowest BCUT2D eigenvalue weighted by Crippen LogP contribution is -2.12. The zero-order valence-electron chi connectivity index (χ0n) is 13.9. The van der Waals surface area contributed by atoms with Crippen LogP contribution in [-0.2, 0) is 9.84 Å². The lowest BCUT2D eigenvalue weighted by atomic mass is 10.1. The van der Waals surface area contributed by atoms with Gasteiger partial charge >= 0.3 is 0 Å². The molecule has 1 N–H and O–H groups in total. The molecule has 1 amide bonds. The molecule has 0 aliphatic heterocycles. The van der Waals surface area contributed by atoms with Gasteiger partial charge in [-0.05, 0) is 48.5 Å². The standard InChI is InChI=1S/C20H15NO4S/c1-26(23,24)15-9-6-13(7-10-15)20(22)21-14-8-11-19-17(12-14)16-4-2-3-5-18(16)25-19/h2-12H,1H3,(H,21,22). The number of nitrogens with one attached hydrogen (secondary N) is 1. The Balaban J connectivity index is 1.64. The molecule has 0 saturated carbocycles. The minimum Gasteiger partial charge on any atom is -0.456 e. The quantitative estimate of drug-likeness (QED) is 0.589. The summed E-state index contributed by atoms with van der Waals surface area (Å²) in [7, 11) is -3.29. The maximum absolute atomic E-state index is 12.4. The van der Waals surface area contributed by atoms with Crippen molar-refractivity contribution in [2.75, 3.05) is 11.6 Å². The van der Waals surface area contributed by atoms with Crippen LogP contribution in [0.3, 0.4) is 0 Å². The summed E-state index contributed by atoms with van der Waals surface area (Å²) in [5.41, 5.74) is 2.57. The van der Waals surface area contributed by atoms with Crippen LogP contribution in [0.5, 0.6) is 0 Å². The molecule has 0 spiro atoms. The number of hydrogen-bond acceptors (Lipinski definition) is 4. The molecule has 26 heavy (non-hydrogen) atoms. The van der Waals surface area contributed by atoms with Crippen LogP contribution in [0.4, 0.5) is 5.69 Å². The zero-order valence-corrected chi connectivity index (χ0v) is 14.7. The van der Waals surface area contributed by atoms with Crippen molar-refractivity contribution >= 4 is 43.4 Å². The largest absolute Gasteiger partial charge is 0.456 e. The zero-order chi connectivity index (χ0) is 18.3. The van der Waals surface area contributed by atoms with Gasteiger partial charge in [0.1, 0.15) is 11.2 Å². The summed E-state index contributed by atoms with van der Waals surface area (Å²) in [5.74, 6) is -0.308. The van der Waals surface area contributed by atoms with Gasteiger partial charge in [-0.1, -0.05) is 18.2 Å². The van der Waals surface area contributed by atoms with Crippen LogP contribution in [0.2, 0.25) is 0 Å². The molecule has 3 aromatic carbocycles. The Morgan fingerprint density at radius 2 is 1.58 bits per heavy atom. The first-order valence-electron chi connectivity index (χ1n) is 7.94. The molecule has 0 aliphatic carbocycles. The van der Waals surface area contributed by atoms with E-state index in [4.69, 9.17) is 4.42 Å². The Bertz CT molecular complexity index is 1240. The molecule has 0 atom stereocenters. The number of fused-ring (bicyclic) bond motifs is 3. The molecular weight excluding hydrogens is 350 g/mol. The number of benzene rings is 3. The summed E-state index contributed by atoms with van der Waals surface area (Å²) in [5, 5.41) is 4.74. The fourth-order valence-corrected chi connectivity index (χ4v) is 3.49. The van der Waals surface area contributed by atoms with Crippen molar-refractivity contribution in [3.8, 4) is 0 Å².